The van der Waals surface area contributed by atoms with Crippen LogP contribution in [0.2, 0.25) is 0 Å². The maximum absolute atomic E-state index is 13.3. The molecular formula is C29H29N5O4. The number of anilines is 1. The number of hydrogen-bond acceptors (Lipinski definition) is 5. The van der Waals surface area contributed by atoms with Gasteiger partial charge in [-0.3, -0.25) is 24.6 Å². The van der Waals surface area contributed by atoms with Gasteiger partial charge in [0, 0.05) is 84.1 Å². The molecule has 9 nitrogen and oxygen atoms in total. The normalized spacial score (nSPS) is 16.6. The first-order valence-electron chi connectivity index (χ1n) is 12.9. The minimum absolute atomic E-state index is 0.177. The van der Waals surface area contributed by atoms with Gasteiger partial charge >= 0.3 is 0 Å². The van der Waals surface area contributed by atoms with E-state index in [9.17, 15) is 14.4 Å². The number of fused-ring (bicyclic) bond motifs is 2. The van der Waals surface area contributed by atoms with Crippen LogP contribution in [-0.4, -0.2) is 65.0 Å². The smallest absolute Gasteiger partial charge is 0.259 e. The van der Waals surface area contributed by atoms with Crippen molar-refractivity contribution in [2.24, 2.45) is 0 Å². The molecule has 2 aliphatic rings. The van der Waals surface area contributed by atoms with Crippen LogP contribution in [0.5, 0.6) is 0 Å². The SMILES string of the molecule is CC(=O)Nc1ccc2c(c1)c(C1=C(c3c[nH]c4ccccc34)C(=O)NC1=O)cn2CCCN1CCOCC1. The predicted molar refractivity (Wildman–Crippen MR) is 146 cm³/mol. The van der Waals surface area contributed by atoms with Crippen molar-refractivity contribution < 1.29 is 19.1 Å². The number of imide groups is 1. The third-order valence-electron chi connectivity index (χ3n) is 7.24. The summed E-state index contributed by atoms with van der Waals surface area (Å²) < 4.78 is 7.60. The molecule has 38 heavy (non-hydrogen) atoms. The van der Waals surface area contributed by atoms with Crippen LogP contribution in [0.4, 0.5) is 5.69 Å². The third kappa shape index (κ3) is 4.40. The summed E-state index contributed by atoms with van der Waals surface area (Å²) >= 11 is 0. The Morgan fingerprint density at radius 3 is 2.53 bits per heavy atom. The van der Waals surface area contributed by atoms with E-state index in [1.54, 1.807) is 6.20 Å². The summed E-state index contributed by atoms with van der Waals surface area (Å²) in [6.45, 7) is 6.54. The van der Waals surface area contributed by atoms with Crippen LogP contribution in [0.25, 0.3) is 33.0 Å². The van der Waals surface area contributed by atoms with Gasteiger partial charge in [-0.15, -0.1) is 0 Å². The van der Waals surface area contributed by atoms with E-state index in [4.69, 9.17) is 4.74 Å². The van der Waals surface area contributed by atoms with Crippen molar-refractivity contribution in [3.8, 4) is 0 Å². The lowest BCUT2D eigenvalue weighted by Gasteiger charge is -2.26. The Morgan fingerprint density at radius 1 is 0.974 bits per heavy atom. The van der Waals surface area contributed by atoms with E-state index in [2.05, 4.69) is 25.1 Å². The number of para-hydroxylation sites is 1. The van der Waals surface area contributed by atoms with Crippen LogP contribution < -0.4 is 10.6 Å². The Morgan fingerprint density at radius 2 is 1.74 bits per heavy atom. The minimum atomic E-state index is -0.424. The fraction of sp³-hybridized carbons (Fsp3) is 0.276. The highest BCUT2D eigenvalue weighted by atomic mass is 16.5. The van der Waals surface area contributed by atoms with Gasteiger partial charge in [0.2, 0.25) is 5.91 Å². The molecule has 0 aliphatic carbocycles. The molecule has 0 unspecified atom stereocenters. The lowest BCUT2D eigenvalue weighted by molar-refractivity contribution is -0.123. The summed E-state index contributed by atoms with van der Waals surface area (Å²) in [7, 11) is 0. The second kappa shape index (κ2) is 9.92. The first-order valence-corrected chi connectivity index (χ1v) is 12.9. The highest BCUT2D eigenvalue weighted by Gasteiger charge is 2.35. The summed E-state index contributed by atoms with van der Waals surface area (Å²) in [6.07, 6.45) is 4.67. The van der Waals surface area contributed by atoms with Gasteiger partial charge in [-0.05, 0) is 30.7 Å². The summed E-state index contributed by atoms with van der Waals surface area (Å²) in [5.74, 6) is -1.02. The van der Waals surface area contributed by atoms with Crippen molar-refractivity contribution in [2.75, 3.05) is 38.2 Å². The van der Waals surface area contributed by atoms with E-state index in [1.807, 2.05) is 48.7 Å². The molecule has 194 valence electrons. The quantitative estimate of drug-likeness (QED) is 0.330. The Labute approximate surface area is 219 Å². The average Bonchev–Trinajstić information content (AvgIpc) is 3.57. The van der Waals surface area contributed by atoms with Gasteiger partial charge in [-0.2, -0.15) is 0 Å². The van der Waals surface area contributed by atoms with Crippen molar-refractivity contribution in [1.29, 1.82) is 0 Å². The summed E-state index contributed by atoms with van der Waals surface area (Å²) in [5.41, 5.74) is 4.51. The van der Waals surface area contributed by atoms with Gasteiger partial charge in [0.25, 0.3) is 11.8 Å². The van der Waals surface area contributed by atoms with Crippen molar-refractivity contribution in [2.45, 2.75) is 19.9 Å². The number of carbonyl (C=O) groups excluding carboxylic acids is 3. The van der Waals surface area contributed by atoms with Crippen LogP contribution in [0, 0.1) is 0 Å². The van der Waals surface area contributed by atoms with E-state index in [0.717, 1.165) is 67.6 Å². The minimum Gasteiger partial charge on any atom is -0.379 e. The number of ether oxygens (including phenoxy) is 1. The Balaban J connectivity index is 1.46. The van der Waals surface area contributed by atoms with Crippen LogP contribution in [-0.2, 0) is 25.7 Å². The van der Waals surface area contributed by atoms with Crippen LogP contribution in [0.15, 0.2) is 54.9 Å². The molecule has 1 fully saturated rings. The molecule has 0 saturated carbocycles. The predicted octanol–water partition coefficient (Wildman–Crippen LogP) is 3.37. The number of nitrogens with one attached hydrogen (secondary N) is 3. The van der Waals surface area contributed by atoms with Gasteiger partial charge in [0.15, 0.2) is 0 Å². The highest BCUT2D eigenvalue weighted by molar-refractivity contribution is 6.50. The van der Waals surface area contributed by atoms with Crippen LogP contribution in [0.1, 0.15) is 24.5 Å². The molecule has 2 aromatic heterocycles. The molecule has 6 rings (SSSR count). The summed E-state index contributed by atoms with van der Waals surface area (Å²) in [6, 6.07) is 13.4. The highest BCUT2D eigenvalue weighted by Crippen LogP contribution is 2.39. The maximum Gasteiger partial charge on any atom is 0.259 e. The second-order valence-corrected chi connectivity index (χ2v) is 9.74. The molecule has 0 spiro atoms. The van der Waals surface area contributed by atoms with Crippen LogP contribution in [0.3, 0.4) is 0 Å². The number of aryl methyl sites for hydroxylation is 1. The zero-order valence-corrected chi connectivity index (χ0v) is 21.2. The number of morpholine rings is 1. The number of nitrogens with zero attached hydrogens (tertiary/aromatic N) is 2. The van der Waals surface area contributed by atoms with Crippen molar-refractivity contribution in [3.05, 3.63) is 66.0 Å². The molecule has 4 aromatic rings. The summed E-state index contributed by atoms with van der Waals surface area (Å²) in [4.78, 5) is 43.8. The lowest BCUT2D eigenvalue weighted by atomic mass is 9.95. The fourth-order valence-electron chi connectivity index (χ4n) is 5.50. The molecule has 3 amide bonds. The molecule has 4 heterocycles. The van der Waals surface area contributed by atoms with E-state index < -0.39 is 11.8 Å². The number of hydrogen-bond donors (Lipinski definition) is 3. The number of aromatic nitrogens is 2. The van der Waals surface area contributed by atoms with E-state index in [1.165, 1.54) is 6.92 Å². The molecular weight excluding hydrogens is 482 g/mol. The zero-order chi connectivity index (χ0) is 26.2. The zero-order valence-electron chi connectivity index (χ0n) is 21.2. The molecule has 0 radical (unpaired) electrons. The van der Waals surface area contributed by atoms with E-state index in [0.29, 0.717) is 28.0 Å². The standard InChI is InChI=1S/C29H29N5O4/c1-18(35)31-19-7-8-25-21(15-19)23(17-34(25)10-4-9-33-11-13-38-14-12-33)27-26(28(36)32-29(27)37)22-16-30-24-6-3-2-5-20(22)24/h2-3,5-8,15-17,30H,4,9-14H2,1H3,(H,31,35)(H,32,36,37). The van der Waals surface area contributed by atoms with Gasteiger partial charge in [0.05, 0.1) is 24.4 Å². The summed E-state index contributed by atoms with van der Waals surface area (Å²) in [5, 5.41) is 7.03. The first-order chi connectivity index (χ1) is 18.5. The monoisotopic (exact) mass is 511 g/mol. The van der Waals surface area contributed by atoms with Gasteiger partial charge in [-0.25, -0.2) is 0 Å². The Bertz CT molecular complexity index is 1610. The Hall–Kier alpha value is -4.21. The van der Waals surface area contributed by atoms with Crippen molar-refractivity contribution in [3.63, 3.8) is 0 Å². The number of benzene rings is 2. The second-order valence-electron chi connectivity index (χ2n) is 9.74. The molecule has 3 N–H and O–H groups in total. The topological polar surface area (TPSA) is 108 Å². The Kier molecular flexibility index (Phi) is 6.30. The first kappa shape index (κ1) is 24.1. The van der Waals surface area contributed by atoms with Crippen molar-refractivity contribution >= 4 is 56.4 Å². The molecule has 2 aliphatic heterocycles. The molecule has 1 saturated heterocycles. The largest absolute Gasteiger partial charge is 0.379 e. The average molecular weight is 512 g/mol. The molecule has 2 aromatic carbocycles. The van der Waals surface area contributed by atoms with Gasteiger partial charge < -0.3 is 19.6 Å². The van der Waals surface area contributed by atoms with Gasteiger partial charge in [0.1, 0.15) is 0 Å². The van der Waals surface area contributed by atoms with Gasteiger partial charge in [-0.1, -0.05) is 18.2 Å². The lowest BCUT2D eigenvalue weighted by Crippen LogP contribution is -2.37. The number of aromatic amines is 1. The van der Waals surface area contributed by atoms with Crippen LogP contribution >= 0.6 is 0 Å². The third-order valence-corrected chi connectivity index (χ3v) is 7.24. The number of H-pyrrole nitrogens is 1. The number of rotatable bonds is 7. The van der Waals surface area contributed by atoms with Crippen molar-refractivity contribution in [1.82, 2.24) is 19.8 Å². The van der Waals surface area contributed by atoms with E-state index >= 15 is 0 Å². The maximum atomic E-state index is 13.3. The number of amides is 3. The fourth-order valence-corrected chi connectivity index (χ4v) is 5.50. The molecule has 0 bridgehead atoms. The van der Waals surface area contributed by atoms with E-state index in [-0.39, 0.29) is 5.91 Å². The molecule has 9 heteroatoms. The number of carbonyl (C=O) groups is 3. The molecule has 0 atom stereocenters.